The summed E-state index contributed by atoms with van der Waals surface area (Å²) in [6, 6.07) is 17.1. The van der Waals surface area contributed by atoms with E-state index in [1.54, 1.807) is 18.3 Å². The van der Waals surface area contributed by atoms with Crippen molar-refractivity contribution in [2.75, 3.05) is 0 Å². The fourth-order valence-electron chi connectivity index (χ4n) is 2.61. The van der Waals surface area contributed by atoms with Gasteiger partial charge in [-0.1, -0.05) is 48.0 Å². The van der Waals surface area contributed by atoms with Crippen LogP contribution in [0.5, 0.6) is 0 Å². The van der Waals surface area contributed by atoms with Crippen LogP contribution < -0.4 is 5.32 Å². The number of rotatable bonds is 4. The topological polar surface area (TPSA) is 46.9 Å². The Kier molecular flexibility index (Phi) is 4.24. The fraction of sp³-hybridized carbons (Fsp3) is 0.158. The molecule has 1 aromatic heterocycles. The summed E-state index contributed by atoms with van der Waals surface area (Å²) >= 11 is 0. The number of hydrogen-bond donors (Lipinski definition) is 1. The first kappa shape index (κ1) is 15.0. The van der Waals surface area contributed by atoms with E-state index in [4.69, 9.17) is 0 Å². The first-order valence-corrected chi connectivity index (χ1v) is 7.55. The molecule has 0 saturated heterocycles. The molecule has 2 aromatic carbocycles. The number of benzene rings is 2. The average Bonchev–Trinajstić information content (AvgIpc) is 2.99. The van der Waals surface area contributed by atoms with Gasteiger partial charge in [0.25, 0.3) is 5.91 Å². The maximum absolute atomic E-state index is 12.6. The first-order chi connectivity index (χ1) is 11.1. The molecule has 1 amide bonds. The number of carbonyl (C=O) groups excluding carboxylic acids is 1. The molecule has 1 heterocycles. The summed E-state index contributed by atoms with van der Waals surface area (Å²) in [4.78, 5) is 17.0. The Bertz CT molecular complexity index is 808. The lowest BCUT2D eigenvalue weighted by Crippen LogP contribution is -2.31. The van der Waals surface area contributed by atoms with Crippen LogP contribution in [0.4, 0.5) is 0 Å². The Morgan fingerprint density at radius 1 is 1.13 bits per heavy atom. The van der Waals surface area contributed by atoms with Crippen LogP contribution >= 0.6 is 0 Å². The quantitative estimate of drug-likeness (QED) is 0.804. The molecular formula is C19H19N3O. The monoisotopic (exact) mass is 305 g/mol. The van der Waals surface area contributed by atoms with Crippen molar-refractivity contribution in [3.05, 3.63) is 89.5 Å². The van der Waals surface area contributed by atoms with E-state index in [1.165, 1.54) is 0 Å². The van der Waals surface area contributed by atoms with Crippen LogP contribution in [0.1, 0.15) is 33.4 Å². The molecule has 0 aliphatic rings. The lowest BCUT2D eigenvalue weighted by Gasteiger charge is -2.19. The molecule has 3 rings (SSSR count). The Balaban J connectivity index is 1.96. The molecule has 1 atom stereocenters. The highest BCUT2D eigenvalue weighted by Crippen LogP contribution is 2.22. The minimum Gasteiger partial charge on any atom is -0.338 e. The summed E-state index contributed by atoms with van der Waals surface area (Å²) in [5, 5.41) is 3.10. The van der Waals surface area contributed by atoms with Crippen molar-refractivity contribution in [1.29, 1.82) is 0 Å². The van der Waals surface area contributed by atoms with E-state index in [0.717, 1.165) is 17.0 Å². The van der Waals surface area contributed by atoms with Gasteiger partial charge in [-0.05, 0) is 24.6 Å². The van der Waals surface area contributed by atoms with E-state index < -0.39 is 0 Å². The molecular weight excluding hydrogens is 286 g/mol. The van der Waals surface area contributed by atoms with Crippen LogP contribution in [0.3, 0.4) is 0 Å². The lowest BCUT2D eigenvalue weighted by atomic mass is 10.0. The molecule has 0 aliphatic heterocycles. The van der Waals surface area contributed by atoms with Gasteiger partial charge in [0.15, 0.2) is 0 Å². The van der Waals surface area contributed by atoms with Gasteiger partial charge in [0.05, 0.1) is 0 Å². The summed E-state index contributed by atoms with van der Waals surface area (Å²) in [7, 11) is 1.93. The second-order valence-corrected chi connectivity index (χ2v) is 5.58. The third kappa shape index (κ3) is 3.31. The fourth-order valence-corrected chi connectivity index (χ4v) is 2.61. The number of carbonyl (C=O) groups is 1. The van der Waals surface area contributed by atoms with Crippen LogP contribution in [0.2, 0.25) is 0 Å². The molecule has 0 fully saturated rings. The van der Waals surface area contributed by atoms with E-state index in [0.29, 0.717) is 5.56 Å². The molecule has 116 valence electrons. The van der Waals surface area contributed by atoms with Crippen molar-refractivity contribution in [2.24, 2.45) is 7.05 Å². The highest BCUT2D eigenvalue weighted by Gasteiger charge is 2.21. The van der Waals surface area contributed by atoms with Crippen molar-refractivity contribution in [1.82, 2.24) is 14.9 Å². The number of nitrogens with one attached hydrogen (secondary N) is 1. The van der Waals surface area contributed by atoms with Gasteiger partial charge in [0.2, 0.25) is 0 Å². The lowest BCUT2D eigenvalue weighted by molar-refractivity contribution is 0.0941. The molecule has 0 spiro atoms. The zero-order valence-corrected chi connectivity index (χ0v) is 13.2. The zero-order valence-electron chi connectivity index (χ0n) is 13.2. The van der Waals surface area contributed by atoms with Crippen LogP contribution in [-0.4, -0.2) is 15.5 Å². The highest BCUT2D eigenvalue weighted by molar-refractivity contribution is 5.94. The second-order valence-electron chi connectivity index (χ2n) is 5.58. The molecule has 4 nitrogen and oxygen atoms in total. The molecule has 1 N–H and O–H groups in total. The van der Waals surface area contributed by atoms with Crippen molar-refractivity contribution >= 4 is 5.91 Å². The third-order valence-electron chi connectivity index (χ3n) is 3.80. The minimum atomic E-state index is -0.289. The van der Waals surface area contributed by atoms with E-state index in [9.17, 15) is 4.79 Å². The van der Waals surface area contributed by atoms with E-state index in [-0.39, 0.29) is 11.9 Å². The second kappa shape index (κ2) is 6.48. The Hall–Kier alpha value is -2.88. The first-order valence-electron chi connectivity index (χ1n) is 7.55. The standard InChI is InChI=1S/C19H19N3O/c1-14-7-6-10-16(13-14)17(18-20-11-12-22(18)2)21-19(23)15-8-4-3-5-9-15/h3-13,17H,1-2H3,(H,21,23). The van der Waals surface area contributed by atoms with E-state index >= 15 is 0 Å². The number of nitrogens with zero attached hydrogens (tertiary/aromatic N) is 2. The summed E-state index contributed by atoms with van der Waals surface area (Å²) in [6.45, 7) is 2.04. The minimum absolute atomic E-state index is 0.111. The van der Waals surface area contributed by atoms with Gasteiger partial charge < -0.3 is 9.88 Å². The molecule has 0 saturated carbocycles. The number of aromatic nitrogens is 2. The molecule has 0 bridgehead atoms. The summed E-state index contributed by atoms with van der Waals surface area (Å²) < 4.78 is 1.93. The van der Waals surface area contributed by atoms with Crippen LogP contribution in [0.15, 0.2) is 67.0 Å². The van der Waals surface area contributed by atoms with Gasteiger partial charge >= 0.3 is 0 Å². The Morgan fingerprint density at radius 2 is 1.91 bits per heavy atom. The summed E-state index contributed by atoms with van der Waals surface area (Å²) in [6.07, 6.45) is 3.62. The van der Waals surface area contributed by atoms with Crippen LogP contribution in [-0.2, 0) is 7.05 Å². The van der Waals surface area contributed by atoms with Crippen LogP contribution in [0, 0.1) is 6.92 Å². The van der Waals surface area contributed by atoms with Gasteiger partial charge in [0, 0.05) is 25.0 Å². The van der Waals surface area contributed by atoms with Crippen molar-refractivity contribution in [2.45, 2.75) is 13.0 Å². The normalized spacial score (nSPS) is 11.9. The molecule has 0 radical (unpaired) electrons. The van der Waals surface area contributed by atoms with Gasteiger partial charge in [-0.25, -0.2) is 4.98 Å². The molecule has 1 unspecified atom stereocenters. The maximum atomic E-state index is 12.6. The molecule has 23 heavy (non-hydrogen) atoms. The predicted molar refractivity (Wildman–Crippen MR) is 90.1 cm³/mol. The zero-order chi connectivity index (χ0) is 16.2. The molecule has 3 aromatic rings. The molecule has 0 aliphatic carbocycles. The van der Waals surface area contributed by atoms with Gasteiger partial charge in [-0.3, -0.25) is 4.79 Å². The van der Waals surface area contributed by atoms with Gasteiger partial charge in [-0.2, -0.15) is 0 Å². The molecule has 4 heteroatoms. The van der Waals surface area contributed by atoms with E-state index in [1.807, 2.05) is 61.1 Å². The third-order valence-corrected chi connectivity index (χ3v) is 3.80. The average molecular weight is 305 g/mol. The number of hydrogen-bond acceptors (Lipinski definition) is 2. The number of amides is 1. The maximum Gasteiger partial charge on any atom is 0.252 e. The Labute approximate surface area is 135 Å². The SMILES string of the molecule is Cc1cccc(C(NC(=O)c2ccccc2)c2nccn2C)c1. The van der Waals surface area contributed by atoms with Crippen molar-refractivity contribution in [3.63, 3.8) is 0 Å². The summed E-state index contributed by atoms with van der Waals surface area (Å²) in [5.74, 6) is 0.694. The summed E-state index contributed by atoms with van der Waals surface area (Å²) in [5.41, 5.74) is 2.80. The smallest absolute Gasteiger partial charge is 0.252 e. The predicted octanol–water partition coefficient (Wildman–Crippen LogP) is 3.25. The van der Waals surface area contributed by atoms with Crippen LogP contribution in [0.25, 0.3) is 0 Å². The Morgan fingerprint density at radius 3 is 2.57 bits per heavy atom. The van der Waals surface area contributed by atoms with Crippen molar-refractivity contribution < 1.29 is 4.79 Å². The van der Waals surface area contributed by atoms with E-state index in [2.05, 4.69) is 16.4 Å². The highest BCUT2D eigenvalue weighted by atomic mass is 16.1. The van der Waals surface area contributed by atoms with Crippen molar-refractivity contribution in [3.8, 4) is 0 Å². The number of aryl methyl sites for hydroxylation is 2. The van der Waals surface area contributed by atoms with Gasteiger partial charge in [-0.15, -0.1) is 0 Å². The number of imidazole rings is 1. The van der Waals surface area contributed by atoms with Gasteiger partial charge in [0.1, 0.15) is 11.9 Å². The largest absolute Gasteiger partial charge is 0.338 e.